The van der Waals surface area contributed by atoms with Crippen molar-refractivity contribution >= 4 is 38.2 Å². The molecule has 3 N–H and O–H groups in total. The highest BCUT2D eigenvalue weighted by Gasteiger charge is 2.19. The lowest BCUT2D eigenvalue weighted by atomic mass is 10.1. The Hall–Kier alpha value is -2.36. The molecule has 7 nitrogen and oxygen atoms in total. The Balaban J connectivity index is 1.61. The third kappa shape index (κ3) is 5.17. The summed E-state index contributed by atoms with van der Waals surface area (Å²) in [6, 6.07) is 11.7. The molecule has 3 aromatic rings. The maximum atomic E-state index is 12.2. The number of thiophene rings is 1. The van der Waals surface area contributed by atoms with Crippen molar-refractivity contribution in [1.82, 2.24) is 19.9 Å². The number of rotatable bonds is 8. The van der Waals surface area contributed by atoms with E-state index in [4.69, 9.17) is 0 Å². The molecule has 0 saturated carbocycles. The molecule has 156 valence electrons. The van der Waals surface area contributed by atoms with Gasteiger partial charge in [0.1, 0.15) is 4.21 Å². The number of aromatic amines is 1. The highest BCUT2D eigenvalue weighted by Crippen LogP contribution is 2.24. The van der Waals surface area contributed by atoms with Crippen LogP contribution < -0.4 is 10.6 Å². The molecule has 1 aromatic carbocycles. The maximum absolute atomic E-state index is 12.2. The van der Waals surface area contributed by atoms with Gasteiger partial charge in [0.15, 0.2) is 5.96 Å². The third-order valence-electron chi connectivity index (χ3n) is 4.47. The summed E-state index contributed by atoms with van der Waals surface area (Å²) >= 11 is 1.26. The van der Waals surface area contributed by atoms with Gasteiger partial charge in [0.05, 0.1) is 6.54 Å². The molecular weight excluding hydrogens is 406 g/mol. The lowest BCUT2D eigenvalue weighted by molar-refractivity contribution is 0.523. The van der Waals surface area contributed by atoms with E-state index in [9.17, 15) is 8.42 Å². The van der Waals surface area contributed by atoms with Gasteiger partial charge in [-0.05, 0) is 37.1 Å². The van der Waals surface area contributed by atoms with Crippen LogP contribution in [0.3, 0.4) is 0 Å². The minimum Gasteiger partial charge on any atom is -0.361 e. The van der Waals surface area contributed by atoms with E-state index in [1.165, 1.54) is 40.7 Å². The number of aromatic nitrogens is 1. The molecule has 0 radical (unpaired) electrons. The summed E-state index contributed by atoms with van der Waals surface area (Å²) < 4.78 is 26.0. The van der Waals surface area contributed by atoms with E-state index in [1.54, 1.807) is 6.07 Å². The molecule has 29 heavy (non-hydrogen) atoms. The second-order valence-electron chi connectivity index (χ2n) is 6.74. The quantitative estimate of drug-likeness (QED) is 0.376. The third-order valence-corrected chi connectivity index (χ3v) is 7.82. The summed E-state index contributed by atoms with van der Waals surface area (Å²) in [4.78, 5) is 8.79. The van der Waals surface area contributed by atoms with Gasteiger partial charge in [-0.2, -0.15) is 0 Å². The van der Waals surface area contributed by atoms with Gasteiger partial charge in [-0.25, -0.2) is 17.7 Å². The van der Waals surface area contributed by atoms with Crippen LogP contribution in [0.4, 0.5) is 0 Å². The van der Waals surface area contributed by atoms with Gasteiger partial charge in [-0.1, -0.05) is 18.2 Å². The molecule has 0 aliphatic carbocycles. The first-order chi connectivity index (χ1) is 13.9. The Labute approximate surface area is 175 Å². The van der Waals surface area contributed by atoms with Crippen LogP contribution in [0.1, 0.15) is 17.4 Å². The fourth-order valence-corrected chi connectivity index (χ4v) is 5.36. The van der Waals surface area contributed by atoms with Gasteiger partial charge in [0.25, 0.3) is 10.0 Å². The molecule has 0 fully saturated rings. The molecule has 0 bridgehead atoms. The van der Waals surface area contributed by atoms with Gasteiger partial charge in [-0.15, -0.1) is 11.3 Å². The van der Waals surface area contributed by atoms with E-state index in [1.807, 2.05) is 25.1 Å². The monoisotopic (exact) mass is 433 g/mol. The van der Waals surface area contributed by atoms with Crippen molar-refractivity contribution in [2.45, 2.75) is 24.1 Å². The lowest BCUT2D eigenvalue weighted by Crippen LogP contribution is -2.38. The number of nitrogens with one attached hydrogen (secondary N) is 3. The lowest BCUT2D eigenvalue weighted by Gasteiger charge is -2.11. The second-order valence-corrected chi connectivity index (χ2v) is 10.3. The average molecular weight is 434 g/mol. The van der Waals surface area contributed by atoms with E-state index in [-0.39, 0.29) is 0 Å². The Morgan fingerprint density at radius 2 is 1.97 bits per heavy atom. The first kappa shape index (κ1) is 21.4. The second kappa shape index (κ2) is 9.43. The zero-order chi connectivity index (χ0) is 20.9. The number of fused-ring (bicyclic) bond motifs is 1. The standard InChI is InChI=1S/C20H27N5O2S2/c1-4-21-20(22-12-11-15-13-23-18-8-6-5-7-17(15)18)24-14-16-9-10-19(28-16)29(26,27)25(2)3/h5-10,13,23H,4,11-12,14H2,1-3H3,(H2,21,22,24). The molecule has 3 rings (SSSR count). The van der Waals surface area contributed by atoms with Crippen molar-refractivity contribution in [2.24, 2.45) is 4.99 Å². The molecule has 0 unspecified atom stereocenters. The van der Waals surface area contributed by atoms with Crippen LogP contribution in [0.15, 0.2) is 51.8 Å². The average Bonchev–Trinajstić information content (AvgIpc) is 3.34. The Bertz CT molecular complexity index is 1080. The van der Waals surface area contributed by atoms with Crippen molar-refractivity contribution in [1.29, 1.82) is 0 Å². The number of hydrogen-bond donors (Lipinski definition) is 3. The minimum absolute atomic E-state index is 0.338. The first-order valence-electron chi connectivity index (χ1n) is 9.50. The number of guanidine groups is 1. The van der Waals surface area contributed by atoms with Crippen molar-refractivity contribution < 1.29 is 8.42 Å². The molecular formula is C20H27N5O2S2. The predicted molar refractivity (Wildman–Crippen MR) is 120 cm³/mol. The normalized spacial score (nSPS) is 12.6. The van der Waals surface area contributed by atoms with Gasteiger partial charge >= 0.3 is 0 Å². The summed E-state index contributed by atoms with van der Waals surface area (Å²) in [5.41, 5.74) is 2.41. The Morgan fingerprint density at radius 3 is 2.72 bits per heavy atom. The number of benzene rings is 1. The van der Waals surface area contributed by atoms with Crippen molar-refractivity contribution in [3.8, 4) is 0 Å². The molecule has 0 aliphatic rings. The summed E-state index contributed by atoms with van der Waals surface area (Å²) in [6.07, 6.45) is 2.92. The Morgan fingerprint density at radius 1 is 1.17 bits per heavy atom. The first-order valence-corrected chi connectivity index (χ1v) is 11.8. The largest absolute Gasteiger partial charge is 0.361 e. The fraction of sp³-hybridized carbons (Fsp3) is 0.350. The number of hydrogen-bond acceptors (Lipinski definition) is 4. The number of para-hydroxylation sites is 1. The van der Waals surface area contributed by atoms with Crippen LogP contribution in [0.2, 0.25) is 0 Å². The van der Waals surface area contributed by atoms with Gasteiger partial charge in [0.2, 0.25) is 0 Å². The Kier molecular flexibility index (Phi) is 6.94. The van der Waals surface area contributed by atoms with Crippen molar-refractivity contribution in [3.63, 3.8) is 0 Å². The number of nitrogens with zero attached hydrogens (tertiary/aromatic N) is 2. The van der Waals surface area contributed by atoms with Gasteiger partial charge in [0, 0.05) is 49.2 Å². The highest BCUT2D eigenvalue weighted by atomic mass is 32.2. The topological polar surface area (TPSA) is 89.6 Å². The summed E-state index contributed by atoms with van der Waals surface area (Å²) in [6.45, 7) is 3.95. The molecule has 0 aliphatic heterocycles. The molecule has 0 amide bonds. The van der Waals surface area contributed by atoms with E-state index >= 15 is 0 Å². The summed E-state index contributed by atoms with van der Waals surface area (Å²) in [5, 5.41) is 7.83. The van der Waals surface area contributed by atoms with Crippen LogP contribution in [0.5, 0.6) is 0 Å². The van der Waals surface area contributed by atoms with Crippen molar-refractivity contribution in [2.75, 3.05) is 27.2 Å². The van der Waals surface area contributed by atoms with Crippen LogP contribution in [-0.2, 0) is 23.0 Å². The minimum atomic E-state index is -3.39. The smallest absolute Gasteiger partial charge is 0.252 e. The number of sulfonamides is 1. The highest BCUT2D eigenvalue weighted by molar-refractivity contribution is 7.91. The molecule has 0 spiro atoms. The van der Waals surface area contributed by atoms with Gasteiger partial charge < -0.3 is 15.6 Å². The summed E-state index contributed by atoms with van der Waals surface area (Å²) in [5.74, 6) is 0.720. The molecule has 0 atom stereocenters. The zero-order valence-electron chi connectivity index (χ0n) is 16.9. The van der Waals surface area contributed by atoms with E-state index < -0.39 is 10.0 Å². The van der Waals surface area contributed by atoms with Crippen LogP contribution in [-0.4, -0.2) is 50.9 Å². The van der Waals surface area contributed by atoms with Gasteiger partial charge in [-0.3, -0.25) is 0 Å². The van der Waals surface area contributed by atoms with Crippen LogP contribution in [0, 0.1) is 0 Å². The zero-order valence-corrected chi connectivity index (χ0v) is 18.5. The number of aliphatic imine (C=N–C) groups is 1. The molecule has 2 aromatic heterocycles. The molecule has 9 heteroatoms. The number of H-pyrrole nitrogens is 1. The summed E-state index contributed by atoms with van der Waals surface area (Å²) in [7, 11) is -0.322. The van der Waals surface area contributed by atoms with E-state index in [0.29, 0.717) is 10.8 Å². The van der Waals surface area contributed by atoms with Crippen LogP contribution >= 0.6 is 11.3 Å². The molecule has 2 heterocycles. The SMILES string of the molecule is CCNC(=NCc1ccc(S(=O)(=O)N(C)C)s1)NCCc1c[nH]c2ccccc12. The van der Waals surface area contributed by atoms with E-state index in [2.05, 4.69) is 38.9 Å². The molecule has 0 saturated heterocycles. The van der Waals surface area contributed by atoms with E-state index in [0.717, 1.165) is 35.9 Å². The maximum Gasteiger partial charge on any atom is 0.252 e. The van der Waals surface area contributed by atoms with Crippen LogP contribution in [0.25, 0.3) is 10.9 Å². The predicted octanol–water partition coefficient (Wildman–Crippen LogP) is 2.78. The van der Waals surface area contributed by atoms with Crippen molar-refractivity contribution in [3.05, 3.63) is 53.0 Å². The fourth-order valence-electron chi connectivity index (χ4n) is 2.91.